The Kier molecular flexibility index (Phi) is 7.07. The van der Waals surface area contributed by atoms with E-state index < -0.39 is 12.0 Å². The van der Waals surface area contributed by atoms with E-state index in [1.54, 1.807) is 0 Å². The molecule has 1 aliphatic carbocycles. The van der Waals surface area contributed by atoms with Crippen LogP contribution >= 0.6 is 22.9 Å². The van der Waals surface area contributed by atoms with Gasteiger partial charge in [0.15, 0.2) is 0 Å². The fourth-order valence-corrected chi connectivity index (χ4v) is 3.53. The molecule has 5 nitrogen and oxygen atoms in total. The van der Waals surface area contributed by atoms with Crippen LogP contribution in [0.25, 0.3) is 0 Å². The van der Waals surface area contributed by atoms with Crippen molar-refractivity contribution in [2.45, 2.75) is 56.6 Å². The summed E-state index contributed by atoms with van der Waals surface area (Å²) >= 11 is 2.16. The third-order valence-corrected chi connectivity index (χ3v) is 5.27. The van der Waals surface area contributed by atoms with E-state index in [1.165, 1.54) is 0 Å². The van der Waals surface area contributed by atoms with Gasteiger partial charge in [0.25, 0.3) is 5.92 Å². The molecule has 0 bridgehead atoms. The fraction of sp³-hybridized carbons (Fsp3) is 0.929. The summed E-state index contributed by atoms with van der Waals surface area (Å²) in [6.45, 7) is 1.81. The zero-order chi connectivity index (χ0) is 16.0. The van der Waals surface area contributed by atoms with Gasteiger partial charge in [-0.05, 0) is 25.7 Å². The van der Waals surface area contributed by atoms with Gasteiger partial charge in [-0.3, -0.25) is 3.53 Å². The molecule has 1 saturated carbocycles. The zero-order valence-electron chi connectivity index (χ0n) is 12.6. The molecule has 0 aromatic heterocycles. The van der Waals surface area contributed by atoms with Gasteiger partial charge >= 0.3 is 6.09 Å². The standard InChI is InChI=1S/C14H24F2IN3O2/c15-14(16)5-8-20(9-6-14)10-7-18-13(21)22-12-3-1-11(19-17)2-4-12/h11-12,19H,1-10H2,(H,18,21)/t11-,12-. The summed E-state index contributed by atoms with van der Waals surface area (Å²) in [5.41, 5.74) is 0. The number of rotatable bonds is 5. The molecule has 0 atom stereocenters. The van der Waals surface area contributed by atoms with Crippen molar-refractivity contribution in [1.29, 1.82) is 0 Å². The van der Waals surface area contributed by atoms with Crippen LogP contribution in [-0.2, 0) is 4.74 Å². The van der Waals surface area contributed by atoms with E-state index in [4.69, 9.17) is 4.74 Å². The van der Waals surface area contributed by atoms with Gasteiger partial charge in [0.05, 0.1) is 0 Å². The average molecular weight is 431 g/mol. The molecule has 2 aliphatic rings. The molecular weight excluding hydrogens is 407 g/mol. The lowest BCUT2D eigenvalue weighted by atomic mass is 9.94. The number of alkyl halides is 2. The number of ether oxygens (including phenoxy) is 1. The predicted molar refractivity (Wildman–Crippen MR) is 88.3 cm³/mol. The Morgan fingerprint density at radius 1 is 1.23 bits per heavy atom. The Hall–Kier alpha value is -0.220. The minimum Gasteiger partial charge on any atom is -0.446 e. The van der Waals surface area contributed by atoms with Crippen LogP contribution in [0.2, 0.25) is 0 Å². The summed E-state index contributed by atoms with van der Waals surface area (Å²) < 4.78 is 34.6. The van der Waals surface area contributed by atoms with Crippen molar-refractivity contribution < 1.29 is 18.3 Å². The topological polar surface area (TPSA) is 53.6 Å². The molecular formula is C14H24F2IN3O2. The number of amides is 1. The van der Waals surface area contributed by atoms with Crippen LogP contribution in [0.15, 0.2) is 0 Å². The highest BCUT2D eigenvalue weighted by molar-refractivity contribution is 14.1. The van der Waals surface area contributed by atoms with Crippen molar-refractivity contribution >= 4 is 29.0 Å². The lowest BCUT2D eigenvalue weighted by molar-refractivity contribution is -0.0548. The van der Waals surface area contributed by atoms with Crippen LogP contribution in [0.4, 0.5) is 13.6 Å². The van der Waals surface area contributed by atoms with Gasteiger partial charge in [0, 0.05) is 67.9 Å². The number of likely N-dealkylation sites (tertiary alicyclic amines) is 1. The lowest BCUT2D eigenvalue weighted by Crippen LogP contribution is -2.43. The molecule has 2 N–H and O–H groups in total. The third kappa shape index (κ3) is 6.11. The van der Waals surface area contributed by atoms with Crippen molar-refractivity contribution in [3.05, 3.63) is 0 Å². The summed E-state index contributed by atoms with van der Waals surface area (Å²) in [5, 5.41) is 2.72. The Bertz CT molecular complexity index is 356. The summed E-state index contributed by atoms with van der Waals surface area (Å²) in [6.07, 6.45) is 3.22. The normalized spacial score (nSPS) is 29.0. The zero-order valence-corrected chi connectivity index (χ0v) is 14.8. The van der Waals surface area contributed by atoms with Crippen LogP contribution in [0.5, 0.6) is 0 Å². The van der Waals surface area contributed by atoms with Gasteiger partial charge in [-0.15, -0.1) is 0 Å². The van der Waals surface area contributed by atoms with E-state index in [0.29, 0.717) is 32.2 Å². The summed E-state index contributed by atoms with van der Waals surface area (Å²) in [6, 6.07) is 0.515. The van der Waals surface area contributed by atoms with E-state index in [-0.39, 0.29) is 18.9 Å². The van der Waals surface area contributed by atoms with Crippen molar-refractivity contribution in [3.8, 4) is 0 Å². The molecule has 0 aromatic rings. The maximum Gasteiger partial charge on any atom is 0.407 e. The first-order chi connectivity index (χ1) is 10.5. The van der Waals surface area contributed by atoms with Crippen LogP contribution in [0, 0.1) is 0 Å². The predicted octanol–water partition coefficient (Wildman–Crippen LogP) is 2.69. The Morgan fingerprint density at radius 2 is 1.86 bits per heavy atom. The molecule has 0 aromatic carbocycles. The molecule has 2 rings (SSSR count). The van der Waals surface area contributed by atoms with E-state index >= 15 is 0 Å². The quantitative estimate of drug-likeness (QED) is 0.520. The van der Waals surface area contributed by atoms with Crippen LogP contribution in [0.1, 0.15) is 38.5 Å². The first-order valence-corrected chi connectivity index (χ1v) is 8.97. The van der Waals surface area contributed by atoms with Crippen molar-refractivity contribution in [3.63, 3.8) is 0 Å². The number of nitrogens with one attached hydrogen (secondary N) is 2. The highest BCUT2D eigenvalue weighted by Crippen LogP contribution is 2.27. The third-order valence-electron chi connectivity index (χ3n) is 4.39. The molecule has 0 unspecified atom stereocenters. The Morgan fingerprint density at radius 3 is 2.45 bits per heavy atom. The number of halogens is 3. The van der Waals surface area contributed by atoms with E-state index in [9.17, 15) is 13.6 Å². The van der Waals surface area contributed by atoms with Gasteiger partial charge < -0.3 is 15.0 Å². The van der Waals surface area contributed by atoms with Crippen LogP contribution in [0.3, 0.4) is 0 Å². The first-order valence-electron chi connectivity index (χ1n) is 7.89. The molecule has 8 heteroatoms. The molecule has 1 amide bonds. The van der Waals surface area contributed by atoms with Gasteiger partial charge in [0.1, 0.15) is 6.10 Å². The molecule has 22 heavy (non-hydrogen) atoms. The second-order valence-electron chi connectivity index (χ2n) is 6.11. The second kappa shape index (κ2) is 8.58. The first kappa shape index (κ1) is 18.1. The number of hydrogen-bond acceptors (Lipinski definition) is 4. The molecule has 0 radical (unpaired) electrons. The Balaban J connectivity index is 1.55. The average Bonchev–Trinajstić information content (AvgIpc) is 2.50. The maximum absolute atomic E-state index is 13.0. The molecule has 2 fully saturated rings. The fourth-order valence-electron chi connectivity index (χ4n) is 2.90. The minimum atomic E-state index is -2.52. The van der Waals surface area contributed by atoms with Crippen molar-refractivity contribution in [2.75, 3.05) is 26.2 Å². The number of piperidine rings is 1. The number of hydrogen-bond donors (Lipinski definition) is 2. The molecule has 1 aliphatic heterocycles. The molecule has 0 spiro atoms. The van der Waals surface area contributed by atoms with E-state index in [1.807, 2.05) is 4.90 Å². The van der Waals surface area contributed by atoms with E-state index in [2.05, 4.69) is 31.7 Å². The van der Waals surface area contributed by atoms with Crippen LogP contribution in [-0.4, -0.2) is 55.2 Å². The number of carbonyl (C=O) groups excluding carboxylic acids is 1. The largest absolute Gasteiger partial charge is 0.446 e. The smallest absolute Gasteiger partial charge is 0.407 e. The molecule has 128 valence electrons. The molecule has 1 saturated heterocycles. The summed E-state index contributed by atoms with van der Waals surface area (Å²) in [5.74, 6) is -2.52. The second-order valence-corrected chi connectivity index (χ2v) is 6.74. The van der Waals surface area contributed by atoms with Crippen molar-refractivity contribution in [1.82, 2.24) is 13.7 Å². The highest BCUT2D eigenvalue weighted by Gasteiger charge is 2.33. The van der Waals surface area contributed by atoms with Gasteiger partial charge in [-0.25, -0.2) is 13.6 Å². The highest BCUT2D eigenvalue weighted by atomic mass is 127. The van der Waals surface area contributed by atoms with E-state index in [0.717, 1.165) is 25.7 Å². The monoisotopic (exact) mass is 431 g/mol. The summed E-state index contributed by atoms with van der Waals surface area (Å²) in [7, 11) is 0. The van der Waals surface area contributed by atoms with Crippen molar-refractivity contribution in [2.24, 2.45) is 0 Å². The van der Waals surface area contributed by atoms with Crippen LogP contribution < -0.4 is 8.85 Å². The maximum atomic E-state index is 13.0. The molecule has 1 heterocycles. The number of carbonyl (C=O) groups is 1. The lowest BCUT2D eigenvalue weighted by Gasteiger charge is -2.31. The summed E-state index contributed by atoms with van der Waals surface area (Å²) in [4.78, 5) is 13.7. The number of alkyl carbamates (subject to hydrolysis) is 1. The minimum absolute atomic E-state index is 0.00493. The number of nitrogens with zero attached hydrogens (tertiary/aromatic N) is 1. The van der Waals surface area contributed by atoms with Gasteiger partial charge in [0.2, 0.25) is 0 Å². The van der Waals surface area contributed by atoms with Gasteiger partial charge in [-0.1, -0.05) is 0 Å². The Labute approximate surface area is 144 Å². The van der Waals surface area contributed by atoms with Gasteiger partial charge in [-0.2, -0.15) is 0 Å². The SMILES string of the molecule is O=C(NCCN1CCC(F)(F)CC1)O[C@H]1CC[C@H](NI)CC1.